The third-order valence-corrected chi connectivity index (χ3v) is 3.51. The number of halogens is 2. The van der Waals surface area contributed by atoms with Crippen LogP contribution in [0.5, 0.6) is 0 Å². The Labute approximate surface area is 132 Å². The maximum absolute atomic E-state index is 13.3. The molecule has 0 saturated heterocycles. The van der Waals surface area contributed by atoms with E-state index in [9.17, 15) is 4.39 Å². The highest BCUT2D eigenvalue weighted by atomic mass is 35.5. The van der Waals surface area contributed by atoms with E-state index in [-0.39, 0.29) is 5.82 Å². The third-order valence-electron chi connectivity index (χ3n) is 2.64. The molecule has 0 aliphatic rings. The van der Waals surface area contributed by atoms with Gasteiger partial charge in [0.2, 0.25) is 0 Å². The monoisotopic (exact) mass is 326 g/mol. The number of thioether (sulfide) groups is 1. The summed E-state index contributed by atoms with van der Waals surface area (Å²) >= 11 is 7.49. The average molecular weight is 327 g/mol. The molecule has 4 nitrogen and oxygen atoms in total. The zero-order valence-corrected chi connectivity index (χ0v) is 13.4. The van der Waals surface area contributed by atoms with Gasteiger partial charge in [-0.1, -0.05) is 30.3 Å². The van der Waals surface area contributed by atoms with Gasteiger partial charge in [0.05, 0.1) is 10.7 Å². The topological polar surface area (TPSA) is 49.8 Å². The largest absolute Gasteiger partial charge is 0.370 e. The van der Waals surface area contributed by atoms with Gasteiger partial charge in [-0.05, 0) is 30.9 Å². The maximum atomic E-state index is 13.3. The highest BCUT2D eigenvalue weighted by molar-refractivity contribution is 7.98. The molecule has 2 N–H and O–H groups in total. The first-order valence-corrected chi connectivity index (χ1v) is 8.11. The summed E-state index contributed by atoms with van der Waals surface area (Å²) in [6, 6.07) is 5.93. The fourth-order valence-electron chi connectivity index (χ4n) is 1.66. The second-order valence-electron chi connectivity index (χ2n) is 4.30. The van der Waals surface area contributed by atoms with Gasteiger partial charge in [0.25, 0.3) is 0 Å². The van der Waals surface area contributed by atoms with Gasteiger partial charge < -0.3 is 10.6 Å². The predicted octanol–water partition coefficient (Wildman–Crippen LogP) is 4.56. The second kappa shape index (κ2) is 7.47. The maximum Gasteiger partial charge on any atom is 0.191 e. The Morgan fingerprint density at radius 3 is 2.71 bits per heavy atom. The molecule has 1 aromatic heterocycles. The fourth-order valence-corrected chi connectivity index (χ4v) is 2.20. The average Bonchev–Trinajstić information content (AvgIpc) is 2.48. The van der Waals surface area contributed by atoms with E-state index in [1.165, 1.54) is 30.0 Å². The standard InChI is InChI=1S/C14H16ClFN4S/c1-3-6-17-12-8-13(20-14(19-12)21-2)18-11-7-9(16)4-5-10(11)15/h4-5,7-8H,3,6H2,1-2H3,(H2,17,18,19,20). The van der Waals surface area contributed by atoms with Gasteiger partial charge in [-0.25, -0.2) is 14.4 Å². The molecule has 0 saturated carbocycles. The van der Waals surface area contributed by atoms with Crippen LogP contribution < -0.4 is 10.6 Å². The molecule has 112 valence electrons. The SMILES string of the molecule is CCCNc1cc(Nc2cc(F)ccc2Cl)nc(SC)n1. The van der Waals surface area contributed by atoms with E-state index in [4.69, 9.17) is 11.6 Å². The van der Waals surface area contributed by atoms with Gasteiger partial charge in [0.15, 0.2) is 5.16 Å². The molecule has 0 atom stereocenters. The summed E-state index contributed by atoms with van der Waals surface area (Å²) in [6.45, 7) is 2.90. The van der Waals surface area contributed by atoms with E-state index in [0.29, 0.717) is 21.7 Å². The molecule has 0 radical (unpaired) electrons. The molecule has 0 fully saturated rings. The van der Waals surface area contributed by atoms with E-state index in [1.807, 2.05) is 6.26 Å². The molecule has 0 spiro atoms. The Kier molecular flexibility index (Phi) is 5.64. The van der Waals surface area contributed by atoms with Gasteiger partial charge in [0.1, 0.15) is 17.5 Å². The number of aromatic nitrogens is 2. The summed E-state index contributed by atoms with van der Waals surface area (Å²) < 4.78 is 13.3. The van der Waals surface area contributed by atoms with Crippen molar-refractivity contribution in [3.05, 3.63) is 35.1 Å². The van der Waals surface area contributed by atoms with Crippen LogP contribution in [0.2, 0.25) is 5.02 Å². The van der Waals surface area contributed by atoms with Gasteiger partial charge in [-0.2, -0.15) is 0 Å². The normalized spacial score (nSPS) is 10.5. The first-order chi connectivity index (χ1) is 10.1. The molecule has 2 rings (SSSR count). The lowest BCUT2D eigenvalue weighted by Crippen LogP contribution is -2.05. The van der Waals surface area contributed by atoms with Crippen LogP contribution in [0, 0.1) is 5.82 Å². The van der Waals surface area contributed by atoms with Crippen LogP contribution in [0.4, 0.5) is 21.7 Å². The summed E-state index contributed by atoms with van der Waals surface area (Å²) in [5.74, 6) is 0.942. The second-order valence-corrected chi connectivity index (χ2v) is 5.48. The van der Waals surface area contributed by atoms with Crippen molar-refractivity contribution < 1.29 is 4.39 Å². The lowest BCUT2D eigenvalue weighted by Gasteiger charge is -2.11. The van der Waals surface area contributed by atoms with Gasteiger partial charge in [-0.3, -0.25) is 0 Å². The van der Waals surface area contributed by atoms with E-state index >= 15 is 0 Å². The first-order valence-electron chi connectivity index (χ1n) is 6.51. The smallest absolute Gasteiger partial charge is 0.191 e. The lowest BCUT2D eigenvalue weighted by atomic mass is 10.3. The van der Waals surface area contributed by atoms with E-state index in [0.717, 1.165) is 18.8 Å². The first kappa shape index (κ1) is 15.9. The molecule has 1 aromatic carbocycles. The Bertz CT molecular complexity index is 624. The summed E-state index contributed by atoms with van der Waals surface area (Å²) in [5.41, 5.74) is 0.476. The van der Waals surface area contributed by atoms with Crippen LogP contribution in [0.1, 0.15) is 13.3 Å². The summed E-state index contributed by atoms with van der Waals surface area (Å²) in [7, 11) is 0. The quantitative estimate of drug-likeness (QED) is 0.602. The molecule has 0 amide bonds. The van der Waals surface area contributed by atoms with Crippen LogP contribution in [0.15, 0.2) is 29.4 Å². The van der Waals surface area contributed by atoms with Crippen molar-refractivity contribution in [3.63, 3.8) is 0 Å². The van der Waals surface area contributed by atoms with Crippen molar-refractivity contribution >= 4 is 40.7 Å². The molecule has 0 bridgehead atoms. The molecule has 1 heterocycles. The minimum absolute atomic E-state index is 0.356. The summed E-state index contributed by atoms with van der Waals surface area (Å²) in [6.07, 6.45) is 2.90. The van der Waals surface area contributed by atoms with E-state index in [1.54, 1.807) is 6.07 Å². The zero-order chi connectivity index (χ0) is 15.2. The van der Waals surface area contributed by atoms with E-state index < -0.39 is 0 Å². The minimum atomic E-state index is -0.356. The number of hydrogen-bond acceptors (Lipinski definition) is 5. The highest BCUT2D eigenvalue weighted by Crippen LogP contribution is 2.27. The van der Waals surface area contributed by atoms with E-state index in [2.05, 4.69) is 27.5 Å². The van der Waals surface area contributed by atoms with Crippen molar-refractivity contribution in [3.8, 4) is 0 Å². The Hall–Kier alpha value is -1.53. The van der Waals surface area contributed by atoms with Gasteiger partial charge in [-0.15, -0.1) is 0 Å². The van der Waals surface area contributed by atoms with Crippen molar-refractivity contribution in [1.82, 2.24) is 9.97 Å². The highest BCUT2D eigenvalue weighted by Gasteiger charge is 2.07. The number of rotatable bonds is 6. The van der Waals surface area contributed by atoms with Crippen molar-refractivity contribution in [2.24, 2.45) is 0 Å². The molecule has 0 aliphatic heterocycles. The number of nitrogens with zero attached hydrogens (tertiary/aromatic N) is 2. The molecule has 21 heavy (non-hydrogen) atoms. The Morgan fingerprint density at radius 1 is 1.24 bits per heavy atom. The van der Waals surface area contributed by atoms with Crippen molar-refractivity contribution in [2.45, 2.75) is 18.5 Å². The number of anilines is 3. The van der Waals surface area contributed by atoms with Crippen molar-refractivity contribution in [1.29, 1.82) is 0 Å². The Morgan fingerprint density at radius 2 is 2.00 bits per heavy atom. The van der Waals surface area contributed by atoms with Gasteiger partial charge in [0, 0.05) is 12.6 Å². The van der Waals surface area contributed by atoms with Crippen LogP contribution in [-0.4, -0.2) is 22.8 Å². The number of nitrogens with one attached hydrogen (secondary N) is 2. The van der Waals surface area contributed by atoms with Crippen LogP contribution in [0.25, 0.3) is 0 Å². The predicted molar refractivity (Wildman–Crippen MR) is 87.3 cm³/mol. The molecule has 0 aliphatic carbocycles. The molecule has 0 unspecified atom stereocenters. The number of benzene rings is 1. The van der Waals surface area contributed by atoms with Crippen LogP contribution >= 0.6 is 23.4 Å². The molecular formula is C14H16ClFN4S. The van der Waals surface area contributed by atoms with Gasteiger partial charge >= 0.3 is 0 Å². The summed E-state index contributed by atoms with van der Waals surface area (Å²) in [4.78, 5) is 8.71. The fraction of sp³-hybridized carbons (Fsp3) is 0.286. The Balaban J connectivity index is 2.27. The van der Waals surface area contributed by atoms with Crippen LogP contribution in [0.3, 0.4) is 0 Å². The number of hydrogen-bond donors (Lipinski definition) is 2. The van der Waals surface area contributed by atoms with Crippen LogP contribution in [-0.2, 0) is 0 Å². The molecule has 7 heteroatoms. The molecule has 2 aromatic rings. The lowest BCUT2D eigenvalue weighted by molar-refractivity contribution is 0.628. The molecular weight excluding hydrogens is 311 g/mol. The summed E-state index contributed by atoms with van der Waals surface area (Å²) in [5, 5.41) is 7.30. The van der Waals surface area contributed by atoms with Crippen molar-refractivity contribution in [2.75, 3.05) is 23.4 Å². The minimum Gasteiger partial charge on any atom is -0.370 e. The zero-order valence-electron chi connectivity index (χ0n) is 11.8. The third kappa shape index (κ3) is 4.47.